The molecule has 2 saturated heterocycles. The van der Waals surface area contributed by atoms with Gasteiger partial charge in [-0.3, -0.25) is 9.59 Å². The number of carbonyl (C=O) groups excluding carboxylic acids is 2. The summed E-state index contributed by atoms with van der Waals surface area (Å²) < 4.78 is 0. The van der Waals surface area contributed by atoms with Crippen LogP contribution in [0.5, 0.6) is 0 Å². The molecule has 0 aromatic heterocycles. The van der Waals surface area contributed by atoms with Gasteiger partial charge in [0.05, 0.1) is 11.5 Å². The van der Waals surface area contributed by atoms with Crippen molar-refractivity contribution in [1.82, 2.24) is 16.0 Å². The standard InChI is InChI=1S/C12H21N3O2/c1-2-3-12(4-5-13-8-12)11(17)15-9-6-10(16)14-7-9/h9,13H,2-8H2,1H3,(H,14,16)(H,15,17). The molecule has 2 aliphatic rings. The molecule has 2 amide bonds. The molecule has 5 heteroatoms. The Hall–Kier alpha value is -1.10. The highest BCUT2D eigenvalue weighted by atomic mass is 16.2. The molecule has 0 aromatic rings. The van der Waals surface area contributed by atoms with E-state index in [1.807, 2.05) is 0 Å². The third kappa shape index (κ3) is 2.60. The van der Waals surface area contributed by atoms with E-state index in [2.05, 4.69) is 22.9 Å². The zero-order chi connectivity index (χ0) is 12.3. The summed E-state index contributed by atoms with van der Waals surface area (Å²) in [4.78, 5) is 23.4. The molecule has 2 unspecified atom stereocenters. The molecular formula is C12H21N3O2. The highest BCUT2D eigenvalue weighted by molar-refractivity contribution is 5.85. The van der Waals surface area contributed by atoms with Crippen LogP contribution < -0.4 is 16.0 Å². The molecule has 3 N–H and O–H groups in total. The van der Waals surface area contributed by atoms with Crippen molar-refractivity contribution in [2.24, 2.45) is 5.41 Å². The predicted molar refractivity (Wildman–Crippen MR) is 64.4 cm³/mol. The van der Waals surface area contributed by atoms with Gasteiger partial charge >= 0.3 is 0 Å². The predicted octanol–water partition coefficient (Wildman–Crippen LogP) is -0.229. The van der Waals surface area contributed by atoms with Gasteiger partial charge in [0.1, 0.15) is 0 Å². The fourth-order valence-corrected chi connectivity index (χ4v) is 2.79. The van der Waals surface area contributed by atoms with Crippen molar-refractivity contribution in [1.29, 1.82) is 0 Å². The van der Waals surface area contributed by atoms with E-state index in [9.17, 15) is 9.59 Å². The van der Waals surface area contributed by atoms with Gasteiger partial charge in [-0.25, -0.2) is 0 Å². The fourth-order valence-electron chi connectivity index (χ4n) is 2.79. The van der Waals surface area contributed by atoms with Gasteiger partial charge in [0.2, 0.25) is 11.8 Å². The molecule has 0 spiro atoms. The number of amides is 2. The molecule has 2 fully saturated rings. The summed E-state index contributed by atoms with van der Waals surface area (Å²) in [7, 11) is 0. The quantitative estimate of drug-likeness (QED) is 0.635. The van der Waals surface area contributed by atoms with Crippen molar-refractivity contribution in [3.05, 3.63) is 0 Å². The molecular weight excluding hydrogens is 218 g/mol. The van der Waals surface area contributed by atoms with E-state index in [1.54, 1.807) is 0 Å². The van der Waals surface area contributed by atoms with Crippen molar-refractivity contribution in [2.45, 2.75) is 38.6 Å². The maximum Gasteiger partial charge on any atom is 0.227 e. The van der Waals surface area contributed by atoms with E-state index in [0.717, 1.165) is 32.4 Å². The minimum absolute atomic E-state index is 0.0238. The normalized spacial score (nSPS) is 32.5. The van der Waals surface area contributed by atoms with Gasteiger partial charge in [-0.2, -0.15) is 0 Å². The van der Waals surface area contributed by atoms with Gasteiger partial charge in [-0.05, 0) is 19.4 Å². The molecule has 2 rings (SSSR count). The van der Waals surface area contributed by atoms with E-state index in [4.69, 9.17) is 0 Å². The smallest absolute Gasteiger partial charge is 0.227 e. The summed E-state index contributed by atoms with van der Waals surface area (Å²) in [5.41, 5.74) is -0.250. The Bertz CT molecular complexity index is 311. The largest absolute Gasteiger partial charge is 0.354 e. The minimum Gasteiger partial charge on any atom is -0.354 e. The minimum atomic E-state index is -0.250. The average molecular weight is 239 g/mol. The zero-order valence-corrected chi connectivity index (χ0v) is 10.3. The van der Waals surface area contributed by atoms with Crippen LogP contribution in [0.15, 0.2) is 0 Å². The lowest BCUT2D eigenvalue weighted by molar-refractivity contribution is -0.131. The van der Waals surface area contributed by atoms with Crippen molar-refractivity contribution < 1.29 is 9.59 Å². The highest BCUT2D eigenvalue weighted by Gasteiger charge is 2.41. The second-order valence-corrected chi connectivity index (χ2v) is 5.14. The molecule has 96 valence electrons. The first-order chi connectivity index (χ1) is 8.16. The van der Waals surface area contributed by atoms with Crippen LogP contribution in [0.3, 0.4) is 0 Å². The summed E-state index contributed by atoms with van der Waals surface area (Å²) in [5.74, 6) is 0.148. The van der Waals surface area contributed by atoms with Crippen molar-refractivity contribution >= 4 is 11.8 Å². The van der Waals surface area contributed by atoms with Crippen LogP contribution in [-0.2, 0) is 9.59 Å². The molecule has 0 bridgehead atoms. The Balaban J connectivity index is 1.94. The molecule has 2 heterocycles. The number of hydrogen-bond acceptors (Lipinski definition) is 3. The summed E-state index contributed by atoms with van der Waals surface area (Å²) in [6.45, 7) is 4.35. The third-order valence-electron chi connectivity index (χ3n) is 3.77. The van der Waals surface area contributed by atoms with Gasteiger partial charge < -0.3 is 16.0 Å². The van der Waals surface area contributed by atoms with Crippen molar-refractivity contribution in [3.8, 4) is 0 Å². The lowest BCUT2D eigenvalue weighted by Gasteiger charge is -2.28. The second kappa shape index (κ2) is 5.04. The third-order valence-corrected chi connectivity index (χ3v) is 3.77. The average Bonchev–Trinajstić information content (AvgIpc) is 2.89. The molecule has 2 atom stereocenters. The Labute approximate surface area is 102 Å². The summed E-state index contributed by atoms with van der Waals surface area (Å²) >= 11 is 0. The highest BCUT2D eigenvalue weighted by Crippen LogP contribution is 2.31. The molecule has 2 aliphatic heterocycles. The van der Waals surface area contributed by atoms with E-state index in [1.165, 1.54) is 0 Å². The van der Waals surface area contributed by atoms with Crippen LogP contribution >= 0.6 is 0 Å². The first kappa shape index (κ1) is 12.4. The van der Waals surface area contributed by atoms with E-state index in [-0.39, 0.29) is 23.3 Å². The van der Waals surface area contributed by atoms with Gasteiger partial charge in [0.15, 0.2) is 0 Å². The molecule has 0 aromatic carbocycles. The van der Waals surface area contributed by atoms with Crippen LogP contribution in [0.1, 0.15) is 32.6 Å². The monoisotopic (exact) mass is 239 g/mol. The maximum absolute atomic E-state index is 12.3. The summed E-state index contributed by atoms with van der Waals surface area (Å²) in [5, 5.41) is 9.02. The van der Waals surface area contributed by atoms with Gasteiger partial charge in [0, 0.05) is 19.5 Å². The van der Waals surface area contributed by atoms with Gasteiger partial charge in [-0.1, -0.05) is 13.3 Å². The van der Waals surface area contributed by atoms with Gasteiger partial charge in [-0.15, -0.1) is 0 Å². The Morgan fingerprint density at radius 3 is 2.94 bits per heavy atom. The fraction of sp³-hybridized carbons (Fsp3) is 0.833. The van der Waals surface area contributed by atoms with Crippen LogP contribution in [0.25, 0.3) is 0 Å². The van der Waals surface area contributed by atoms with E-state index < -0.39 is 0 Å². The zero-order valence-electron chi connectivity index (χ0n) is 10.3. The lowest BCUT2D eigenvalue weighted by atomic mass is 9.81. The molecule has 0 aliphatic carbocycles. The SMILES string of the molecule is CCCC1(C(=O)NC2CNC(=O)C2)CCNC1. The molecule has 0 radical (unpaired) electrons. The molecule has 17 heavy (non-hydrogen) atoms. The van der Waals surface area contributed by atoms with Crippen molar-refractivity contribution in [3.63, 3.8) is 0 Å². The molecule has 0 saturated carbocycles. The van der Waals surface area contributed by atoms with E-state index >= 15 is 0 Å². The van der Waals surface area contributed by atoms with Crippen LogP contribution in [-0.4, -0.2) is 37.5 Å². The van der Waals surface area contributed by atoms with Gasteiger partial charge in [0.25, 0.3) is 0 Å². The Morgan fingerprint density at radius 1 is 1.59 bits per heavy atom. The van der Waals surface area contributed by atoms with E-state index in [0.29, 0.717) is 13.0 Å². The summed E-state index contributed by atoms with van der Waals surface area (Å²) in [6.07, 6.45) is 3.25. The number of rotatable bonds is 4. The summed E-state index contributed by atoms with van der Waals surface area (Å²) in [6, 6.07) is -0.0238. The second-order valence-electron chi connectivity index (χ2n) is 5.14. The first-order valence-corrected chi connectivity index (χ1v) is 6.45. The number of carbonyl (C=O) groups is 2. The Kier molecular flexibility index (Phi) is 3.66. The van der Waals surface area contributed by atoms with Crippen molar-refractivity contribution in [2.75, 3.05) is 19.6 Å². The Morgan fingerprint density at radius 2 is 2.41 bits per heavy atom. The topological polar surface area (TPSA) is 70.2 Å². The number of nitrogens with one attached hydrogen (secondary N) is 3. The molecule has 5 nitrogen and oxygen atoms in total. The lowest BCUT2D eigenvalue weighted by Crippen LogP contribution is -2.47. The first-order valence-electron chi connectivity index (χ1n) is 6.45. The van der Waals surface area contributed by atoms with Crippen LogP contribution in [0.4, 0.5) is 0 Å². The number of hydrogen-bond donors (Lipinski definition) is 3. The maximum atomic E-state index is 12.3. The van der Waals surface area contributed by atoms with Crippen LogP contribution in [0, 0.1) is 5.41 Å². The van der Waals surface area contributed by atoms with Crippen LogP contribution in [0.2, 0.25) is 0 Å².